The van der Waals surface area contributed by atoms with Crippen LogP contribution in [0.2, 0.25) is 5.82 Å². The highest BCUT2D eigenvalue weighted by Crippen LogP contribution is 2.49. The molecular formula is C22H37B. The predicted molar refractivity (Wildman–Crippen MR) is 99.7 cm³/mol. The van der Waals surface area contributed by atoms with Crippen molar-refractivity contribution in [3.8, 4) is 0 Å². The van der Waals surface area contributed by atoms with E-state index in [4.69, 9.17) is 7.85 Å². The summed E-state index contributed by atoms with van der Waals surface area (Å²) in [6.45, 7) is 0. The second-order valence-corrected chi connectivity index (χ2v) is 9.75. The van der Waals surface area contributed by atoms with Crippen LogP contribution in [0.3, 0.4) is 0 Å². The summed E-state index contributed by atoms with van der Waals surface area (Å²) in [6, 6.07) is 0. The summed E-state index contributed by atoms with van der Waals surface area (Å²) in [5.41, 5.74) is 0. The summed E-state index contributed by atoms with van der Waals surface area (Å²) in [6.07, 6.45) is 22.7. The zero-order chi connectivity index (χ0) is 15.6. The van der Waals surface area contributed by atoms with Crippen LogP contribution in [0.4, 0.5) is 0 Å². The van der Waals surface area contributed by atoms with Gasteiger partial charge in [0.2, 0.25) is 0 Å². The third-order valence-electron chi connectivity index (χ3n) is 8.43. The van der Waals surface area contributed by atoms with E-state index in [-0.39, 0.29) is 0 Å². The Labute approximate surface area is 146 Å². The van der Waals surface area contributed by atoms with Crippen molar-refractivity contribution in [3.05, 3.63) is 0 Å². The third-order valence-corrected chi connectivity index (χ3v) is 8.43. The lowest BCUT2D eigenvalue weighted by atomic mass is 9.62. The molecule has 0 amide bonds. The maximum Gasteiger partial charge on any atom is 0.0699 e. The molecule has 0 bridgehead atoms. The van der Waals surface area contributed by atoms with Gasteiger partial charge < -0.3 is 0 Å². The first-order valence-corrected chi connectivity index (χ1v) is 11.0. The highest BCUT2D eigenvalue weighted by Gasteiger charge is 2.37. The van der Waals surface area contributed by atoms with Crippen LogP contribution in [0.5, 0.6) is 0 Å². The monoisotopic (exact) mass is 312 g/mol. The minimum Gasteiger partial charge on any atom is -0.0771 e. The summed E-state index contributed by atoms with van der Waals surface area (Å²) in [4.78, 5) is 0. The van der Waals surface area contributed by atoms with Crippen LogP contribution in [0, 0.1) is 35.5 Å². The van der Waals surface area contributed by atoms with E-state index in [1.165, 1.54) is 44.9 Å². The minimum absolute atomic E-state index is 0.531. The molecule has 0 aromatic rings. The van der Waals surface area contributed by atoms with Crippen molar-refractivity contribution in [1.82, 2.24) is 0 Å². The first-order chi connectivity index (χ1) is 11.3. The van der Waals surface area contributed by atoms with Gasteiger partial charge in [-0.1, -0.05) is 76.4 Å². The molecule has 1 heteroatoms. The van der Waals surface area contributed by atoms with Gasteiger partial charge in [0.05, 0.1) is 7.85 Å². The van der Waals surface area contributed by atoms with Crippen LogP contribution in [0.25, 0.3) is 0 Å². The lowest BCUT2D eigenvalue weighted by Crippen LogP contribution is -2.33. The molecule has 0 N–H and O–H groups in total. The first kappa shape index (κ1) is 16.5. The van der Waals surface area contributed by atoms with Gasteiger partial charge in [0.1, 0.15) is 0 Å². The Morgan fingerprint density at radius 1 is 0.609 bits per heavy atom. The zero-order valence-electron chi connectivity index (χ0n) is 15.2. The molecule has 0 heterocycles. The van der Waals surface area contributed by atoms with E-state index in [0.717, 1.165) is 35.5 Å². The van der Waals surface area contributed by atoms with Crippen molar-refractivity contribution in [2.24, 2.45) is 35.5 Å². The van der Waals surface area contributed by atoms with Crippen LogP contribution < -0.4 is 0 Å². The molecule has 23 heavy (non-hydrogen) atoms. The first-order valence-electron chi connectivity index (χ1n) is 11.0. The Hall–Kier alpha value is 0.0649. The lowest BCUT2D eigenvalue weighted by molar-refractivity contribution is 0.0747. The van der Waals surface area contributed by atoms with Crippen molar-refractivity contribution in [3.63, 3.8) is 0 Å². The molecule has 0 saturated heterocycles. The lowest BCUT2D eigenvalue weighted by Gasteiger charge is -2.43. The summed E-state index contributed by atoms with van der Waals surface area (Å²) in [5, 5.41) is 0. The van der Waals surface area contributed by atoms with E-state index in [0.29, 0.717) is 5.82 Å². The molecule has 0 aromatic carbocycles. The molecule has 5 atom stereocenters. The number of fused-ring (bicyclic) bond motifs is 1. The molecule has 4 aliphatic carbocycles. The Morgan fingerprint density at radius 2 is 1.35 bits per heavy atom. The third kappa shape index (κ3) is 3.85. The van der Waals surface area contributed by atoms with E-state index < -0.39 is 0 Å². The fourth-order valence-electron chi connectivity index (χ4n) is 7.17. The van der Waals surface area contributed by atoms with Crippen LogP contribution >= 0.6 is 0 Å². The predicted octanol–water partition coefficient (Wildman–Crippen LogP) is 6.55. The highest BCUT2D eigenvalue weighted by molar-refractivity contribution is 6.11. The Kier molecular flexibility index (Phi) is 5.41. The number of hydrogen-bond acceptors (Lipinski definition) is 0. The highest BCUT2D eigenvalue weighted by atomic mass is 14.4. The van der Waals surface area contributed by atoms with E-state index in [1.54, 1.807) is 51.4 Å². The largest absolute Gasteiger partial charge is 0.0771 e. The molecule has 4 saturated carbocycles. The molecule has 0 aromatic heterocycles. The minimum atomic E-state index is 0.531. The molecule has 4 fully saturated rings. The van der Waals surface area contributed by atoms with Gasteiger partial charge in [-0.2, -0.15) is 0 Å². The van der Waals surface area contributed by atoms with Crippen LogP contribution in [-0.2, 0) is 0 Å². The van der Waals surface area contributed by atoms with E-state index >= 15 is 0 Å². The smallest absolute Gasteiger partial charge is 0.0699 e. The van der Waals surface area contributed by atoms with E-state index in [2.05, 4.69) is 0 Å². The van der Waals surface area contributed by atoms with Gasteiger partial charge in [-0.3, -0.25) is 0 Å². The summed E-state index contributed by atoms with van der Waals surface area (Å²) in [5.74, 6) is 6.99. The van der Waals surface area contributed by atoms with Crippen LogP contribution in [0.15, 0.2) is 0 Å². The van der Waals surface area contributed by atoms with Crippen molar-refractivity contribution >= 4 is 7.85 Å². The van der Waals surface area contributed by atoms with Gasteiger partial charge >= 0.3 is 0 Å². The summed E-state index contributed by atoms with van der Waals surface area (Å²) >= 11 is 0. The number of rotatable bonds is 3. The Bertz CT molecular complexity index is 368. The topological polar surface area (TPSA) is 0 Å². The van der Waals surface area contributed by atoms with Gasteiger partial charge in [-0.25, -0.2) is 0 Å². The van der Waals surface area contributed by atoms with Gasteiger partial charge in [-0.15, -0.1) is 0 Å². The molecule has 0 nitrogen and oxygen atoms in total. The summed E-state index contributed by atoms with van der Waals surface area (Å²) < 4.78 is 0. The molecule has 128 valence electrons. The molecule has 0 spiro atoms. The van der Waals surface area contributed by atoms with Crippen molar-refractivity contribution in [2.45, 2.75) is 102 Å². The van der Waals surface area contributed by atoms with E-state index in [1.807, 2.05) is 0 Å². The van der Waals surface area contributed by atoms with Gasteiger partial charge in [0.15, 0.2) is 0 Å². The van der Waals surface area contributed by atoms with Crippen molar-refractivity contribution in [2.75, 3.05) is 0 Å². The van der Waals surface area contributed by atoms with Gasteiger partial charge in [0, 0.05) is 0 Å². The average Bonchev–Trinajstić information content (AvgIpc) is 3.02. The normalized spacial score (nSPS) is 48.1. The SMILES string of the molecule is [B]C1CC[C@H](C2CCC(C[C@@H]3CCC[C@@H]4CCCCC43)CC2)C1. The maximum absolute atomic E-state index is 6.15. The summed E-state index contributed by atoms with van der Waals surface area (Å²) in [7, 11) is 6.15. The zero-order valence-corrected chi connectivity index (χ0v) is 15.2. The van der Waals surface area contributed by atoms with Crippen molar-refractivity contribution in [1.29, 1.82) is 0 Å². The van der Waals surface area contributed by atoms with E-state index in [9.17, 15) is 0 Å². The average molecular weight is 312 g/mol. The van der Waals surface area contributed by atoms with Gasteiger partial charge in [-0.05, 0) is 61.2 Å². The molecule has 2 unspecified atom stereocenters. The molecule has 4 aliphatic rings. The Morgan fingerprint density at radius 3 is 2.13 bits per heavy atom. The van der Waals surface area contributed by atoms with Gasteiger partial charge in [0.25, 0.3) is 0 Å². The second kappa shape index (κ2) is 7.53. The van der Waals surface area contributed by atoms with Crippen molar-refractivity contribution < 1.29 is 0 Å². The molecule has 4 rings (SSSR count). The van der Waals surface area contributed by atoms with Crippen LogP contribution in [0.1, 0.15) is 96.3 Å². The Balaban J connectivity index is 1.26. The fraction of sp³-hybridized carbons (Fsp3) is 1.00. The van der Waals surface area contributed by atoms with Crippen LogP contribution in [-0.4, -0.2) is 7.85 Å². The standard InChI is InChI=1S/C22H37B/c23-21-13-12-19(15-21)17-10-8-16(9-11-17)14-20-6-3-5-18-4-1-2-7-22(18)20/h16-22H,1-15H2/t16?,17?,18-,19-,20-,21?,22?/m0/s1. The molecule has 0 aliphatic heterocycles. The maximum atomic E-state index is 6.15. The molecular weight excluding hydrogens is 275 g/mol. The number of hydrogen-bond donors (Lipinski definition) is 0. The molecule has 2 radical (unpaired) electrons. The quantitative estimate of drug-likeness (QED) is 0.519. The second-order valence-electron chi connectivity index (χ2n) is 9.75. The fourth-order valence-corrected chi connectivity index (χ4v) is 7.17.